The Balaban J connectivity index is 1.80. The molecule has 0 spiro atoms. The normalized spacial score (nSPS) is 19.9. The van der Waals surface area contributed by atoms with Crippen molar-refractivity contribution in [3.05, 3.63) is 106 Å². The van der Waals surface area contributed by atoms with Gasteiger partial charge in [-0.05, 0) is 30.5 Å². The minimum atomic E-state index is -2.88. The van der Waals surface area contributed by atoms with Crippen molar-refractivity contribution in [2.75, 3.05) is 11.9 Å². The van der Waals surface area contributed by atoms with Crippen LogP contribution in [0.5, 0.6) is 0 Å². The molecular weight excluding hydrogens is 481 g/mol. The molecule has 0 radical (unpaired) electrons. The summed E-state index contributed by atoms with van der Waals surface area (Å²) in [6, 6.07) is 25.3. The lowest BCUT2D eigenvalue weighted by molar-refractivity contribution is -0.384. The molecule has 37 heavy (non-hydrogen) atoms. The van der Waals surface area contributed by atoms with E-state index in [9.17, 15) is 10.1 Å². The third-order valence-corrected chi connectivity index (χ3v) is 10.3. The molecule has 192 valence electrons. The molecule has 1 saturated carbocycles. The molecule has 0 bridgehead atoms. The largest absolute Gasteiger partial charge is 0.347 e. The molecule has 5 rings (SSSR count). The number of nitro benzene ring substituents is 1. The van der Waals surface area contributed by atoms with Crippen molar-refractivity contribution in [2.24, 2.45) is 4.74 Å². The first-order valence-corrected chi connectivity index (χ1v) is 14.7. The van der Waals surface area contributed by atoms with Crippen molar-refractivity contribution in [3.8, 4) is 0 Å². The summed E-state index contributed by atoms with van der Waals surface area (Å²) in [7, 11) is -0.796. The maximum absolute atomic E-state index is 12.0. The molecule has 1 aliphatic carbocycles. The molecule has 1 unspecified atom stereocenters. The van der Waals surface area contributed by atoms with E-state index in [1.165, 1.54) is 18.1 Å². The second-order valence-corrected chi connectivity index (χ2v) is 12.8. The van der Waals surface area contributed by atoms with Crippen LogP contribution in [0.3, 0.4) is 0 Å². The predicted octanol–water partition coefficient (Wildman–Crippen LogP) is 8.29. The summed E-state index contributed by atoms with van der Waals surface area (Å²) in [4.78, 5) is 13.9. The van der Waals surface area contributed by atoms with Gasteiger partial charge in [0.25, 0.3) is 5.69 Å². The number of nitrogens with zero attached hydrogens (tertiary/aromatic N) is 3. The van der Waals surface area contributed by atoms with Gasteiger partial charge >= 0.3 is 0 Å². The van der Waals surface area contributed by atoms with Crippen molar-refractivity contribution in [3.63, 3.8) is 0 Å². The Kier molecular flexibility index (Phi) is 7.06. The molecule has 1 aliphatic heterocycles. The molecule has 3 aromatic carbocycles. The van der Waals surface area contributed by atoms with E-state index < -0.39 is 7.28 Å². The third-order valence-electron chi connectivity index (χ3n) is 7.56. The first-order chi connectivity index (χ1) is 17.8. The summed E-state index contributed by atoms with van der Waals surface area (Å²) in [6.07, 6.45) is 5.47. The zero-order valence-electron chi connectivity index (χ0n) is 21.7. The quantitative estimate of drug-likeness (QED) is 0.188. The van der Waals surface area contributed by atoms with Crippen LogP contribution >= 0.6 is 7.28 Å². The van der Waals surface area contributed by atoms with Crippen molar-refractivity contribution in [1.29, 1.82) is 0 Å². The van der Waals surface area contributed by atoms with Crippen molar-refractivity contribution < 1.29 is 9.45 Å². The maximum Gasteiger partial charge on any atom is 0.294 e. The first-order valence-electron chi connectivity index (χ1n) is 13.0. The molecule has 0 N–H and O–H groups in total. The van der Waals surface area contributed by atoms with E-state index in [-0.39, 0.29) is 22.1 Å². The van der Waals surface area contributed by atoms with Gasteiger partial charge in [0, 0.05) is 41.0 Å². The van der Waals surface area contributed by atoms with Crippen molar-refractivity contribution >= 4 is 29.6 Å². The fourth-order valence-electron chi connectivity index (χ4n) is 5.57. The molecule has 2 aliphatic rings. The molecular formula is C30H34N3O3P. The third kappa shape index (κ3) is 4.88. The number of anilines is 1. The van der Waals surface area contributed by atoms with E-state index in [0.717, 1.165) is 42.4 Å². The molecule has 1 fully saturated rings. The lowest BCUT2D eigenvalue weighted by Crippen LogP contribution is -2.25. The predicted molar refractivity (Wildman–Crippen MR) is 152 cm³/mol. The van der Waals surface area contributed by atoms with Crippen LogP contribution < -0.4 is 10.2 Å². The fourth-order valence-corrected chi connectivity index (χ4v) is 8.71. The van der Waals surface area contributed by atoms with Gasteiger partial charge in [0.2, 0.25) is 0 Å². The standard InChI is InChI=1S/C30H34N3O3P/c1-30(2)25-18-10-12-20-27(25)32(3)29(30)22-37(24-16-8-5-9-17-24,36-23-14-6-4-7-15-23)31-26-19-11-13-21-28(26)33(34)35/h5,8-13,16-23H,4,6-7,14-15H2,1-3H3/b29-22+. The number of nitro groups is 1. The van der Waals surface area contributed by atoms with Crippen LogP contribution in [-0.4, -0.2) is 18.1 Å². The SMILES string of the molecule is CN1/C(=C/P(=Nc2ccccc2[N+](=O)[O-])(OC2CCCCC2)c2ccccc2)C(C)(C)c2ccccc21. The molecule has 0 aromatic heterocycles. The number of rotatable bonds is 6. The van der Waals surface area contributed by atoms with Gasteiger partial charge in [0.05, 0.1) is 11.0 Å². The number of likely N-dealkylation sites (N-methyl/N-ethyl adjacent to an activating group) is 1. The van der Waals surface area contributed by atoms with Gasteiger partial charge in [-0.1, -0.05) is 93.8 Å². The van der Waals surface area contributed by atoms with Crippen LogP contribution in [0, 0.1) is 10.1 Å². The summed E-state index contributed by atoms with van der Waals surface area (Å²) in [5.74, 6) is 2.22. The van der Waals surface area contributed by atoms with E-state index in [0.29, 0.717) is 5.69 Å². The Bertz CT molecular complexity index is 1380. The lowest BCUT2D eigenvalue weighted by Gasteiger charge is -2.33. The van der Waals surface area contributed by atoms with Gasteiger partial charge < -0.3 is 9.42 Å². The number of fused-ring (bicyclic) bond motifs is 1. The van der Waals surface area contributed by atoms with Gasteiger partial charge in [0.1, 0.15) is 13.0 Å². The Morgan fingerprint density at radius 2 is 1.62 bits per heavy atom. The average Bonchev–Trinajstić information content (AvgIpc) is 3.10. The number of benzene rings is 3. The molecule has 7 heteroatoms. The van der Waals surface area contributed by atoms with Crippen molar-refractivity contribution in [1.82, 2.24) is 0 Å². The van der Waals surface area contributed by atoms with Gasteiger partial charge in [-0.25, -0.2) is 4.74 Å². The number of hydrogen-bond donors (Lipinski definition) is 0. The van der Waals surface area contributed by atoms with Gasteiger partial charge in [-0.2, -0.15) is 0 Å². The molecule has 6 nitrogen and oxygen atoms in total. The van der Waals surface area contributed by atoms with Gasteiger partial charge in [-0.3, -0.25) is 10.1 Å². The van der Waals surface area contributed by atoms with Crippen LogP contribution in [0.4, 0.5) is 17.1 Å². The molecule has 1 heterocycles. The van der Waals surface area contributed by atoms with Crippen LogP contribution in [0.2, 0.25) is 0 Å². The Morgan fingerprint density at radius 3 is 2.32 bits per heavy atom. The summed E-state index contributed by atoms with van der Waals surface area (Å²) in [6.45, 7) is 4.46. The second-order valence-electron chi connectivity index (χ2n) is 10.4. The lowest BCUT2D eigenvalue weighted by atomic mass is 9.84. The average molecular weight is 516 g/mol. The van der Waals surface area contributed by atoms with Crippen molar-refractivity contribution in [2.45, 2.75) is 57.5 Å². The van der Waals surface area contributed by atoms with E-state index in [1.54, 1.807) is 18.2 Å². The fraction of sp³-hybridized carbons (Fsp3) is 0.333. The van der Waals surface area contributed by atoms with Crippen LogP contribution in [0.15, 0.2) is 95.1 Å². The van der Waals surface area contributed by atoms with E-state index in [2.05, 4.69) is 68.0 Å². The van der Waals surface area contributed by atoms with Gasteiger partial charge in [0.15, 0.2) is 0 Å². The highest BCUT2D eigenvalue weighted by atomic mass is 31.2. The minimum Gasteiger partial charge on any atom is -0.347 e. The molecule has 3 aromatic rings. The monoisotopic (exact) mass is 515 g/mol. The highest BCUT2D eigenvalue weighted by molar-refractivity contribution is 7.72. The highest BCUT2D eigenvalue weighted by Gasteiger charge is 2.41. The van der Waals surface area contributed by atoms with E-state index in [4.69, 9.17) is 9.27 Å². The second kappa shape index (κ2) is 10.3. The van der Waals surface area contributed by atoms with Crippen LogP contribution in [0.25, 0.3) is 0 Å². The zero-order chi connectivity index (χ0) is 26.0. The Morgan fingerprint density at radius 1 is 0.973 bits per heavy atom. The van der Waals surface area contributed by atoms with Gasteiger partial charge in [-0.15, -0.1) is 0 Å². The maximum atomic E-state index is 12.0. The summed E-state index contributed by atoms with van der Waals surface area (Å²) >= 11 is 0. The Labute approximate surface area is 219 Å². The summed E-state index contributed by atoms with van der Waals surface area (Å²) in [5.41, 5.74) is 3.58. The van der Waals surface area contributed by atoms with E-state index in [1.807, 2.05) is 18.2 Å². The molecule has 1 atom stereocenters. The molecule has 0 saturated heterocycles. The number of para-hydroxylation sites is 2. The first kappa shape index (κ1) is 25.4. The van der Waals surface area contributed by atoms with Crippen LogP contribution in [0.1, 0.15) is 51.5 Å². The minimum absolute atomic E-state index is 0.00391. The zero-order valence-corrected chi connectivity index (χ0v) is 22.6. The topological polar surface area (TPSA) is 68.0 Å². The molecule has 0 amide bonds. The highest BCUT2D eigenvalue weighted by Crippen LogP contribution is 2.60. The Hall–Kier alpha value is -3.21. The summed E-state index contributed by atoms with van der Waals surface area (Å²) < 4.78 is 12.4. The number of hydrogen-bond acceptors (Lipinski definition) is 5. The van der Waals surface area contributed by atoms with E-state index >= 15 is 0 Å². The number of allylic oxidation sites excluding steroid dienone is 1. The smallest absolute Gasteiger partial charge is 0.294 e. The summed E-state index contributed by atoms with van der Waals surface area (Å²) in [5, 5.41) is 12.9. The van der Waals surface area contributed by atoms with Crippen LogP contribution in [-0.2, 0) is 9.94 Å².